The Labute approximate surface area is 211 Å². The Morgan fingerprint density at radius 2 is 1.50 bits per heavy atom. The fourth-order valence-electron chi connectivity index (χ4n) is 6.54. The number of hydrogen-bond donors (Lipinski definition) is 0. The predicted molar refractivity (Wildman–Crippen MR) is 149 cm³/mol. The van der Waals surface area contributed by atoms with Crippen molar-refractivity contribution < 1.29 is 4.74 Å². The molecule has 1 heterocycles. The maximum absolute atomic E-state index is 6.68. The smallest absolute Gasteiger partial charge is 0.132 e. The molecule has 1 aliphatic heterocycles. The van der Waals surface area contributed by atoms with E-state index in [0.29, 0.717) is 0 Å². The van der Waals surface area contributed by atoms with Gasteiger partial charge in [-0.2, -0.15) is 0 Å². The highest BCUT2D eigenvalue weighted by molar-refractivity contribution is 6.13. The molecular weight excluding hydrogens is 436 g/mol. The summed E-state index contributed by atoms with van der Waals surface area (Å²) in [6.07, 6.45) is 17.1. The van der Waals surface area contributed by atoms with Gasteiger partial charge in [0.25, 0.3) is 0 Å². The van der Waals surface area contributed by atoms with E-state index in [0.717, 1.165) is 25.0 Å². The van der Waals surface area contributed by atoms with E-state index in [1.165, 1.54) is 60.5 Å². The maximum atomic E-state index is 6.68. The largest absolute Gasteiger partial charge is 0.484 e. The Hall–Kier alpha value is -4.10. The molecule has 4 aliphatic rings. The highest BCUT2D eigenvalue weighted by atomic mass is 16.5. The molecule has 0 spiro atoms. The number of allylic oxidation sites excluding steroid dienone is 8. The molecule has 0 bridgehead atoms. The molecule has 0 fully saturated rings. The monoisotopic (exact) mass is 462 g/mol. The number of rotatable bonds is 3. The van der Waals surface area contributed by atoms with Gasteiger partial charge >= 0.3 is 0 Å². The highest BCUT2D eigenvalue weighted by Crippen LogP contribution is 2.50. The molecule has 36 heavy (non-hydrogen) atoms. The first-order valence-corrected chi connectivity index (χ1v) is 13.0. The zero-order chi connectivity index (χ0) is 23.6. The van der Waals surface area contributed by atoms with Gasteiger partial charge in [0.05, 0.1) is 0 Å². The van der Waals surface area contributed by atoms with Gasteiger partial charge in [-0.05, 0) is 74.9 Å². The van der Waals surface area contributed by atoms with Gasteiger partial charge in [0.15, 0.2) is 0 Å². The number of ether oxygens (including phenoxy) is 1. The van der Waals surface area contributed by atoms with E-state index in [4.69, 9.17) is 4.74 Å². The first-order chi connectivity index (χ1) is 17.8. The van der Waals surface area contributed by atoms with E-state index >= 15 is 0 Å². The lowest BCUT2D eigenvalue weighted by Crippen LogP contribution is -2.18. The van der Waals surface area contributed by atoms with Crippen LogP contribution < -0.4 is 4.74 Å². The van der Waals surface area contributed by atoms with Crippen LogP contribution in [-0.2, 0) is 6.42 Å². The zero-order valence-corrected chi connectivity index (χ0v) is 20.1. The lowest BCUT2D eigenvalue weighted by molar-refractivity contribution is 0.270. The van der Waals surface area contributed by atoms with Crippen LogP contribution in [0.15, 0.2) is 126 Å². The first-order valence-electron chi connectivity index (χ1n) is 13.0. The van der Waals surface area contributed by atoms with Gasteiger partial charge in [-0.1, -0.05) is 103 Å². The summed E-state index contributed by atoms with van der Waals surface area (Å²) in [7, 11) is 0. The lowest BCUT2D eigenvalue weighted by Gasteiger charge is -2.19. The Bertz CT molecular complexity index is 1720. The topological polar surface area (TPSA) is 9.23 Å². The molecule has 0 radical (unpaired) electrons. The molecule has 1 nitrogen and oxygen atoms in total. The molecule has 0 aromatic heterocycles. The summed E-state index contributed by atoms with van der Waals surface area (Å²) in [6, 6.07) is 26.6. The van der Waals surface area contributed by atoms with Gasteiger partial charge < -0.3 is 4.74 Å². The predicted octanol–water partition coefficient (Wildman–Crippen LogP) is 8.62. The molecule has 172 valence electrons. The molecule has 2 atom stereocenters. The number of benzene rings is 4. The second-order valence-electron chi connectivity index (χ2n) is 10.4. The van der Waals surface area contributed by atoms with Crippen LogP contribution in [-0.4, -0.2) is 6.10 Å². The number of hydrogen-bond acceptors (Lipinski definition) is 1. The van der Waals surface area contributed by atoms with Crippen LogP contribution >= 0.6 is 0 Å². The van der Waals surface area contributed by atoms with Crippen LogP contribution in [0.3, 0.4) is 0 Å². The van der Waals surface area contributed by atoms with E-state index in [-0.39, 0.29) is 12.0 Å². The third kappa shape index (κ3) is 3.02. The Morgan fingerprint density at radius 3 is 2.31 bits per heavy atom. The van der Waals surface area contributed by atoms with Crippen LogP contribution in [0.1, 0.15) is 35.4 Å². The van der Waals surface area contributed by atoms with E-state index in [1.54, 1.807) is 0 Å². The van der Waals surface area contributed by atoms with E-state index < -0.39 is 0 Å². The fraction of sp³-hybridized carbons (Fsp3) is 0.143. The van der Waals surface area contributed by atoms with E-state index in [1.807, 2.05) is 0 Å². The summed E-state index contributed by atoms with van der Waals surface area (Å²) in [5.41, 5.74) is 9.81. The van der Waals surface area contributed by atoms with Crippen molar-refractivity contribution in [1.82, 2.24) is 0 Å². The van der Waals surface area contributed by atoms with Crippen molar-refractivity contribution in [1.29, 1.82) is 0 Å². The summed E-state index contributed by atoms with van der Waals surface area (Å²) < 4.78 is 6.68. The Kier molecular flexibility index (Phi) is 4.30. The summed E-state index contributed by atoms with van der Waals surface area (Å²) in [6.45, 7) is 0. The van der Waals surface area contributed by atoms with Gasteiger partial charge in [0.2, 0.25) is 0 Å². The molecule has 2 unspecified atom stereocenters. The van der Waals surface area contributed by atoms with E-state index in [2.05, 4.69) is 109 Å². The molecule has 4 aromatic rings. The molecule has 0 saturated carbocycles. The summed E-state index contributed by atoms with van der Waals surface area (Å²) in [5, 5.41) is 5.12. The summed E-state index contributed by atoms with van der Waals surface area (Å²) in [5.74, 6) is 1.32. The van der Waals surface area contributed by atoms with Crippen molar-refractivity contribution in [3.8, 4) is 5.75 Å². The van der Waals surface area contributed by atoms with Crippen molar-refractivity contribution in [2.45, 2.75) is 31.3 Å². The third-order valence-electron chi connectivity index (χ3n) is 8.29. The van der Waals surface area contributed by atoms with Crippen molar-refractivity contribution in [3.63, 3.8) is 0 Å². The standard InChI is InChI=1S/C35H26O/c1-3-10-30-28(8-1)29-9-2-4-11-31(29)35-34(30)32-17-14-23(19-33(32)36-35)18-22-12-15-24(16-13-22)27-20-25-6-5-7-26(25)21-27/h1-6,8-17,19,21,32-33H,7,18,20H2. The molecule has 8 rings (SSSR count). The normalized spacial score (nSPS) is 21.4. The second-order valence-corrected chi connectivity index (χ2v) is 10.4. The van der Waals surface area contributed by atoms with Crippen molar-refractivity contribution >= 4 is 27.1 Å². The average molecular weight is 463 g/mol. The quantitative estimate of drug-likeness (QED) is 0.277. The van der Waals surface area contributed by atoms with Crippen LogP contribution in [0.4, 0.5) is 0 Å². The Balaban J connectivity index is 1.08. The SMILES string of the molecule is C1=CC2=C(C=C(c3ccc(CC4=CC5Oc6c(c7ccccc7c7ccccc67)C5C=C4)cc3)C2)C1. The van der Waals surface area contributed by atoms with Gasteiger partial charge in [-0.25, -0.2) is 0 Å². The molecule has 0 N–H and O–H groups in total. The zero-order valence-electron chi connectivity index (χ0n) is 20.1. The minimum absolute atomic E-state index is 0.0543. The second kappa shape index (κ2) is 7.70. The first kappa shape index (κ1) is 20.1. The highest BCUT2D eigenvalue weighted by Gasteiger charge is 2.36. The summed E-state index contributed by atoms with van der Waals surface area (Å²) >= 11 is 0. The molecule has 0 saturated heterocycles. The van der Waals surface area contributed by atoms with Crippen LogP contribution in [0.2, 0.25) is 0 Å². The van der Waals surface area contributed by atoms with Gasteiger partial charge in [0, 0.05) is 16.9 Å². The van der Waals surface area contributed by atoms with Gasteiger partial charge in [-0.15, -0.1) is 0 Å². The van der Waals surface area contributed by atoms with Crippen molar-refractivity contribution in [2.24, 2.45) is 0 Å². The lowest BCUT2D eigenvalue weighted by atomic mass is 9.84. The van der Waals surface area contributed by atoms with Crippen molar-refractivity contribution in [2.75, 3.05) is 0 Å². The maximum Gasteiger partial charge on any atom is 0.132 e. The van der Waals surface area contributed by atoms with E-state index in [9.17, 15) is 0 Å². The number of fused-ring (bicyclic) bond motifs is 8. The molecule has 1 heteroatoms. The Morgan fingerprint density at radius 1 is 0.750 bits per heavy atom. The molecule has 0 amide bonds. The summed E-state index contributed by atoms with van der Waals surface area (Å²) in [4.78, 5) is 0. The third-order valence-corrected chi connectivity index (χ3v) is 8.29. The fourth-order valence-corrected chi connectivity index (χ4v) is 6.54. The molecule has 3 aliphatic carbocycles. The minimum atomic E-state index is 0.0543. The van der Waals surface area contributed by atoms with Crippen LogP contribution in [0.5, 0.6) is 5.75 Å². The van der Waals surface area contributed by atoms with Crippen LogP contribution in [0, 0.1) is 0 Å². The average Bonchev–Trinajstić information content (AvgIpc) is 3.63. The van der Waals surface area contributed by atoms with Gasteiger partial charge in [-0.3, -0.25) is 0 Å². The molecule has 4 aromatic carbocycles. The van der Waals surface area contributed by atoms with Gasteiger partial charge in [0.1, 0.15) is 11.9 Å². The molecular formula is C35H26O. The minimum Gasteiger partial charge on any atom is -0.484 e. The van der Waals surface area contributed by atoms with Crippen molar-refractivity contribution in [3.05, 3.63) is 143 Å². The van der Waals surface area contributed by atoms with Crippen LogP contribution in [0.25, 0.3) is 27.1 Å².